The topological polar surface area (TPSA) is 47.7 Å². The molecule has 1 saturated heterocycles. The average molecular weight is 290 g/mol. The Morgan fingerprint density at radius 3 is 2.95 bits per heavy atom. The highest BCUT2D eigenvalue weighted by Gasteiger charge is 2.34. The molecular weight excluding hydrogens is 264 g/mol. The number of hydrogen-bond acceptors (Lipinski definition) is 4. The molecule has 0 aliphatic carbocycles. The first-order valence-corrected chi connectivity index (χ1v) is 7.89. The number of benzene rings is 1. The van der Waals surface area contributed by atoms with E-state index in [9.17, 15) is 0 Å². The summed E-state index contributed by atoms with van der Waals surface area (Å²) in [7, 11) is 0. The molecule has 0 bridgehead atoms. The van der Waals surface area contributed by atoms with Crippen molar-refractivity contribution in [1.29, 1.82) is 0 Å². The quantitative estimate of drug-likeness (QED) is 0.925. The first-order chi connectivity index (χ1) is 10.1. The van der Waals surface area contributed by atoms with Crippen LogP contribution in [0.25, 0.3) is 0 Å². The Balaban J connectivity index is 1.72. The lowest BCUT2D eigenvalue weighted by molar-refractivity contribution is -0.133. The van der Waals surface area contributed by atoms with E-state index >= 15 is 0 Å². The molecule has 3 rings (SSSR count). The van der Waals surface area contributed by atoms with Crippen molar-refractivity contribution in [2.45, 2.75) is 37.9 Å². The molecule has 2 atom stereocenters. The van der Waals surface area contributed by atoms with Crippen LogP contribution < -0.4 is 10.5 Å². The van der Waals surface area contributed by atoms with Gasteiger partial charge in [-0.2, -0.15) is 0 Å². The molecular formula is C17H26N2O2. The predicted octanol–water partition coefficient (Wildman–Crippen LogP) is 1.99. The van der Waals surface area contributed by atoms with Crippen LogP contribution in [0.4, 0.5) is 0 Å². The minimum atomic E-state index is -0.118. The van der Waals surface area contributed by atoms with Crippen LogP contribution in [0.15, 0.2) is 24.3 Å². The van der Waals surface area contributed by atoms with Crippen molar-refractivity contribution >= 4 is 0 Å². The molecule has 2 N–H and O–H groups in total. The number of nitrogens with zero attached hydrogens (tertiary/aromatic N) is 1. The van der Waals surface area contributed by atoms with Crippen molar-refractivity contribution in [1.82, 2.24) is 4.90 Å². The molecule has 4 nitrogen and oxygen atoms in total. The van der Waals surface area contributed by atoms with Gasteiger partial charge in [0.15, 0.2) is 0 Å². The summed E-state index contributed by atoms with van der Waals surface area (Å²) in [5, 5.41) is 0. The van der Waals surface area contributed by atoms with Gasteiger partial charge in [0.25, 0.3) is 0 Å². The van der Waals surface area contributed by atoms with Gasteiger partial charge in [-0.1, -0.05) is 18.2 Å². The summed E-state index contributed by atoms with van der Waals surface area (Å²) in [5.74, 6) is 1.60. The van der Waals surface area contributed by atoms with Crippen LogP contribution in [0.3, 0.4) is 0 Å². The zero-order valence-electron chi connectivity index (χ0n) is 13.0. The summed E-state index contributed by atoms with van der Waals surface area (Å²) >= 11 is 0. The first kappa shape index (κ1) is 14.8. The van der Waals surface area contributed by atoms with Crippen molar-refractivity contribution in [3.63, 3.8) is 0 Å². The molecule has 1 aromatic rings. The number of nitrogens with two attached hydrogens (primary N) is 1. The van der Waals surface area contributed by atoms with E-state index in [4.69, 9.17) is 15.2 Å². The maximum atomic E-state index is 6.02. The maximum absolute atomic E-state index is 6.02. The third-order valence-electron chi connectivity index (χ3n) is 4.38. The molecule has 2 heterocycles. The maximum Gasteiger partial charge on any atom is 0.122 e. The Hall–Kier alpha value is -1.10. The minimum Gasteiger partial charge on any atom is -0.493 e. The van der Waals surface area contributed by atoms with E-state index in [0.29, 0.717) is 12.5 Å². The van der Waals surface area contributed by atoms with Gasteiger partial charge in [-0.3, -0.25) is 4.90 Å². The summed E-state index contributed by atoms with van der Waals surface area (Å²) < 4.78 is 11.8. The Bertz CT molecular complexity index is 489. The highest BCUT2D eigenvalue weighted by Crippen LogP contribution is 2.34. The molecule has 0 amide bonds. The Kier molecular flexibility index (Phi) is 4.20. The van der Waals surface area contributed by atoms with Crippen LogP contribution in [0, 0.1) is 0 Å². The monoisotopic (exact) mass is 290 g/mol. The zero-order chi connectivity index (χ0) is 14.9. The number of para-hydroxylation sites is 1. The van der Waals surface area contributed by atoms with Gasteiger partial charge in [0, 0.05) is 32.1 Å². The van der Waals surface area contributed by atoms with E-state index in [0.717, 1.165) is 38.4 Å². The van der Waals surface area contributed by atoms with E-state index in [1.807, 2.05) is 6.07 Å². The molecule has 0 saturated carbocycles. The molecule has 0 aromatic heterocycles. The van der Waals surface area contributed by atoms with Crippen molar-refractivity contribution in [3.8, 4) is 5.75 Å². The van der Waals surface area contributed by atoms with Crippen molar-refractivity contribution < 1.29 is 9.47 Å². The largest absolute Gasteiger partial charge is 0.493 e. The van der Waals surface area contributed by atoms with Crippen LogP contribution in [0.1, 0.15) is 31.7 Å². The van der Waals surface area contributed by atoms with E-state index in [2.05, 4.69) is 36.9 Å². The molecule has 1 aromatic carbocycles. The molecule has 0 spiro atoms. The lowest BCUT2D eigenvalue weighted by Gasteiger charge is -2.44. The molecule has 116 valence electrons. The van der Waals surface area contributed by atoms with Crippen LogP contribution in [-0.4, -0.2) is 49.4 Å². The Labute approximate surface area is 127 Å². The van der Waals surface area contributed by atoms with Gasteiger partial charge < -0.3 is 15.2 Å². The molecule has 0 radical (unpaired) electrons. The summed E-state index contributed by atoms with van der Waals surface area (Å²) in [5.41, 5.74) is 7.05. The van der Waals surface area contributed by atoms with E-state index in [1.54, 1.807) is 0 Å². The van der Waals surface area contributed by atoms with Gasteiger partial charge >= 0.3 is 0 Å². The smallest absolute Gasteiger partial charge is 0.122 e. The van der Waals surface area contributed by atoms with Crippen molar-refractivity contribution in [2.24, 2.45) is 5.73 Å². The van der Waals surface area contributed by atoms with Gasteiger partial charge in [-0.15, -0.1) is 0 Å². The summed E-state index contributed by atoms with van der Waals surface area (Å²) in [6, 6.07) is 8.43. The molecule has 4 heteroatoms. The number of hydrogen-bond donors (Lipinski definition) is 1. The van der Waals surface area contributed by atoms with E-state index in [1.165, 1.54) is 5.56 Å². The second-order valence-electron chi connectivity index (χ2n) is 6.80. The minimum absolute atomic E-state index is 0.118. The second kappa shape index (κ2) is 5.95. The normalized spacial score (nSPS) is 28.7. The fourth-order valence-electron chi connectivity index (χ4n) is 3.60. The molecule has 1 fully saturated rings. The van der Waals surface area contributed by atoms with Gasteiger partial charge in [-0.25, -0.2) is 0 Å². The Morgan fingerprint density at radius 2 is 2.14 bits per heavy atom. The number of rotatable bonds is 3. The van der Waals surface area contributed by atoms with Crippen molar-refractivity contribution in [2.75, 3.05) is 32.8 Å². The third-order valence-corrected chi connectivity index (χ3v) is 4.38. The SMILES string of the molecule is CC1(C)CN(CC2CCOc3ccccc32)CC(CN)O1. The number of morpholine rings is 1. The molecule has 2 aliphatic rings. The Morgan fingerprint density at radius 1 is 1.33 bits per heavy atom. The lowest BCUT2D eigenvalue weighted by Crippen LogP contribution is -2.55. The van der Waals surface area contributed by atoms with Gasteiger partial charge in [-0.05, 0) is 31.9 Å². The van der Waals surface area contributed by atoms with Gasteiger partial charge in [0.1, 0.15) is 5.75 Å². The fourth-order valence-corrected chi connectivity index (χ4v) is 3.60. The highest BCUT2D eigenvalue weighted by molar-refractivity contribution is 5.38. The fraction of sp³-hybridized carbons (Fsp3) is 0.647. The molecule has 2 aliphatic heterocycles. The summed E-state index contributed by atoms with van der Waals surface area (Å²) in [6.07, 6.45) is 1.23. The average Bonchev–Trinajstić information content (AvgIpc) is 2.46. The second-order valence-corrected chi connectivity index (χ2v) is 6.80. The predicted molar refractivity (Wildman–Crippen MR) is 83.7 cm³/mol. The van der Waals surface area contributed by atoms with Gasteiger partial charge in [0.05, 0.1) is 18.3 Å². The highest BCUT2D eigenvalue weighted by atomic mass is 16.5. The van der Waals surface area contributed by atoms with Crippen LogP contribution >= 0.6 is 0 Å². The zero-order valence-corrected chi connectivity index (χ0v) is 13.0. The third kappa shape index (κ3) is 3.39. The number of fused-ring (bicyclic) bond motifs is 1. The number of ether oxygens (including phenoxy) is 2. The van der Waals surface area contributed by atoms with Crippen LogP contribution in [-0.2, 0) is 4.74 Å². The molecule has 2 unspecified atom stereocenters. The molecule has 21 heavy (non-hydrogen) atoms. The lowest BCUT2D eigenvalue weighted by atomic mass is 9.91. The van der Waals surface area contributed by atoms with Gasteiger partial charge in [0.2, 0.25) is 0 Å². The van der Waals surface area contributed by atoms with Crippen LogP contribution in [0.2, 0.25) is 0 Å². The van der Waals surface area contributed by atoms with Crippen molar-refractivity contribution in [3.05, 3.63) is 29.8 Å². The summed E-state index contributed by atoms with van der Waals surface area (Å²) in [6.45, 7) is 8.66. The van der Waals surface area contributed by atoms with E-state index in [-0.39, 0.29) is 11.7 Å². The first-order valence-electron chi connectivity index (χ1n) is 7.89. The summed E-state index contributed by atoms with van der Waals surface area (Å²) in [4.78, 5) is 2.51. The standard InChI is InChI=1S/C17H26N2O2/c1-17(2)12-19(11-14(9-18)21-17)10-13-7-8-20-16-6-4-3-5-15(13)16/h3-6,13-14H,7-12,18H2,1-2H3. The van der Waals surface area contributed by atoms with Crippen LogP contribution in [0.5, 0.6) is 5.75 Å². The van der Waals surface area contributed by atoms with E-state index < -0.39 is 0 Å².